The Morgan fingerprint density at radius 2 is 1.90 bits per heavy atom. The van der Waals surface area contributed by atoms with Gasteiger partial charge < -0.3 is 10.0 Å². The van der Waals surface area contributed by atoms with E-state index in [0.29, 0.717) is 43.6 Å². The van der Waals surface area contributed by atoms with Gasteiger partial charge in [0.15, 0.2) is 0 Å². The van der Waals surface area contributed by atoms with Crippen molar-refractivity contribution in [2.45, 2.75) is 44.7 Å². The molecule has 1 fully saturated rings. The maximum Gasteiger partial charge on any atom is 0.418 e. The average Bonchev–Trinajstić information content (AvgIpc) is 3.08. The van der Waals surface area contributed by atoms with Gasteiger partial charge >= 0.3 is 12.1 Å². The first-order chi connectivity index (χ1) is 19.2. The topological polar surface area (TPSA) is 40.5 Å². The minimum atomic E-state index is -4.62. The molecule has 2 aliphatic carbocycles. The summed E-state index contributed by atoms with van der Waals surface area (Å²) < 4.78 is 55.2. The van der Waals surface area contributed by atoms with E-state index >= 15 is 0 Å². The van der Waals surface area contributed by atoms with Crippen molar-refractivity contribution < 1.29 is 27.5 Å². The zero-order chi connectivity index (χ0) is 28.4. The molecule has 0 bridgehead atoms. The van der Waals surface area contributed by atoms with Gasteiger partial charge in [-0.15, -0.1) is 0 Å². The number of nitrogens with zero attached hydrogens (tertiary/aromatic N) is 1. The van der Waals surface area contributed by atoms with Gasteiger partial charge in [-0.3, -0.25) is 4.39 Å². The number of carboxylic acids is 1. The van der Waals surface area contributed by atoms with Gasteiger partial charge in [0.1, 0.15) is 0 Å². The highest BCUT2D eigenvalue weighted by atomic mass is 35.5. The second-order valence-corrected chi connectivity index (χ2v) is 11.3. The van der Waals surface area contributed by atoms with Crippen LogP contribution in [0.5, 0.6) is 0 Å². The minimum absolute atomic E-state index is 0.0937. The SMILES string of the molecule is O=C(O)c1ccc2c(c1)CCCC(c1cccc(Cl)c1C(F)(F)F)=C2C1C=CC(CC2CN(CCCF)C2)=CC1. The van der Waals surface area contributed by atoms with E-state index in [1.165, 1.54) is 23.8 Å². The summed E-state index contributed by atoms with van der Waals surface area (Å²) >= 11 is 6.14. The van der Waals surface area contributed by atoms with Crippen LogP contribution in [0.15, 0.2) is 60.2 Å². The van der Waals surface area contributed by atoms with Crippen LogP contribution in [-0.2, 0) is 12.6 Å². The van der Waals surface area contributed by atoms with Crippen LogP contribution in [0.3, 0.4) is 0 Å². The summed E-state index contributed by atoms with van der Waals surface area (Å²) in [6.45, 7) is 2.40. The number of aromatic carboxylic acids is 1. The smallest absolute Gasteiger partial charge is 0.418 e. The molecule has 2 aromatic carbocycles. The van der Waals surface area contributed by atoms with Crippen LogP contribution in [0.4, 0.5) is 17.6 Å². The second-order valence-electron chi connectivity index (χ2n) is 10.9. The van der Waals surface area contributed by atoms with Gasteiger partial charge in [0.2, 0.25) is 0 Å². The van der Waals surface area contributed by atoms with Gasteiger partial charge in [-0.1, -0.05) is 53.6 Å². The summed E-state index contributed by atoms with van der Waals surface area (Å²) in [6.07, 6.45) is 5.45. The van der Waals surface area contributed by atoms with Crippen LogP contribution in [0.1, 0.15) is 64.7 Å². The van der Waals surface area contributed by atoms with Gasteiger partial charge in [0.25, 0.3) is 0 Å². The quantitative estimate of drug-likeness (QED) is 0.322. The molecule has 0 radical (unpaired) electrons. The lowest BCUT2D eigenvalue weighted by Gasteiger charge is -2.39. The first kappa shape index (κ1) is 28.6. The number of alkyl halides is 4. The Bertz CT molecular complexity index is 1370. The summed E-state index contributed by atoms with van der Waals surface area (Å²) in [7, 11) is 0. The molecule has 40 heavy (non-hydrogen) atoms. The first-order valence-electron chi connectivity index (χ1n) is 13.8. The van der Waals surface area contributed by atoms with Crippen LogP contribution in [0.25, 0.3) is 11.1 Å². The number of likely N-dealkylation sites (tertiary alicyclic amines) is 1. The third-order valence-electron chi connectivity index (χ3n) is 8.18. The van der Waals surface area contributed by atoms with E-state index in [-0.39, 0.29) is 28.7 Å². The first-order valence-corrected chi connectivity index (χ1v) is 14.1. The van der Waals surface area contributed by atoms with Gasteiger partial charge in [-0.2, -0.15) is 13.2 Å². The summed E-state index contributed by atoms with van der Waals surface area (Å²) in [5.41, 5.74) is 3.72. The molecular formula is C32H32ClF4NO2. The lowest BCUT2D eigenvalue weighted by molar-refractivity contribution is -0.137. The second kappa shape index (κ2) is 11.9. The third kappa shape index (κ3) is 6.06. The number of hydrogen-bond acceptors (Lipinski definition) is 2. The molecule has 1 atom stereocenters. The number of benzene rings is 2. The Balaban J connectivity index is 1.51. The van der Waals surface area contributed by atoms with E-state index < -0.39 is 17.7 Å². The summed E-state index contributed by atoms with van der Waals surface area (Å²) in [5, 5.41) is 9.22. The molecule has 2 aromatic rings. The molecule has 0 spiro atoms. The number of carboxylic acid groups (broad SMARTS) is 1. The molecule has 3 aliphatic rings. The summed E-state index contributed by atoms with van der Waals surface area (Å²) in [6, 6.07) is 9.27. The molecule has 1 saturated heterocycles. The summed E-state index contributed by atoms with van der Waals surface area (Å²) in [4.78, 5) is 13.9. The highest BCUT2D eigenvalue weighted by Crippen LogP contribution is 2.47. The third-order valence-corrected chi connectivity index (χ3v) is 8.49. The largest absolute Gasteiger partial charge is 0.478 e. The minimum Gasteiger partial charge on any atom is -0.478 e. The lowest BCUT2D eigenvalue weighted by atomic mass is 9.78. The number of allylic oxidation sites excluding steroid dienone is 6. The van der Waals surface area contributed by atoms with Crippen LogP contribution < -0.4 is 0 Å². The van der Waals surface area contributed by atoms with E-state index in [9.17, 15) is 27.5 Å². The number of fused-ring (bicyclic) bond motifs is 1. The van der Waals surface area contributed by atoms with E-state index in [4.69, 9.17) is 11.6 Å². The predicted octanol–water partition coefficient (Wildman–Crippen LogP) is 8.49. The molecule has 0 amide bonds. The van der Waals surface area contributed by atoms with Gasteiger partial charge in [-0.05, 0) is 90.5 Å². The van der Waals surface area contributed by atoms with Crippen molar-refractivity contribution in [1.29, 1.82) is 0 Å². The molecule has 1 heterocycles. The molecule has 8 heteroatoms. The molecule has 1 N–H and O–H groups in total. The van der Waals surface area contributed by atoms with Crippen molar-refractivity contribution in [2.75, 3.05) is 26.3 Å². The normalized spacial score (nSPS) is 20.1. The van der Waals surface area contributed by atoms with Crippen LogP contribution in [-0.4, -0.2) is 42.3 Å². The molecular weight excluding hydrogens is 542 g/mol. The molecule has 0 saturated carbocycles. The Hall–Kier alpha value is -2.90. The van der Waals surface area contributed by atoms with Crippen molar-refractivity contribution in [3.05, 3.63) is 93.0 Å². The Kier molecular flexibility index (Phi) is 8.52. The average molecular weight is 574 g/mol. The standard InChI is InChI=1S/C32H32ClF4NO2/c33-28-7-2-6-27(30(28)32(35,36)37)26-5-1-4-23-17-24(31(39)40)12-13-25(23)29(26)22-10-8-20(9-11-22)16-21-18-38(19-21)15-3-14-34/h2,6-10,12-13,17,21-22H,1,3-5,11,14-16,18-19H2,(H,39,40). The molecule has 3 nitrogen and oxygen atoms in total. The van der Waals surface area contributed by atoms with Crippen LogP contribution >= 0.6 is 11.6 Å². The predicted molar refractivity (Wildman–Crippen MR) is 150 cm³/mol. The summed E-state index contributed by atoms with van der Waals surface area (Å²) in [5.74, 6) is -0.666. The van der Waals surface area contributed by atoms with Crippen molar-refractivity contribution in [2.24, 2.45) is 11.8 Å². The van der Waals surface area contributed by atoms with E-state index in [2.05, 4.69) is 23.1 Å². The molecule has 0 aromatic heterocycles. The molecule has 1 aliphatic heterocycles. The highest BCUT2D eigenvalue weighted by Gasteiger charge is 2.38. The Morgan fingerprint density at radius 1 is 1.10 bits per heavy atom. The number of carbonyl (C=O) groups is 1. The lowest BCUT2D eigenvalue weighted by Crippen LogP contribution is -2.47. The zero-order valence-corrected chi connectivity index (χ0v) is 22.9. The molecule has 5 rings (SSSR count). The number of aryl methyl sites for hydroxylation is 1. The van der Waals surface area contributed by atoms with Crippen molar-refractivity contribution >= 4 is 28.7 Å². The van der Waals surface area contributed by atoms with Gasteiger partial charge in [0, 0.05) is 25.6 Å². The van der Waals surface area contributed by atoms with Gasteiger partial charge in [-0.25, -0.2) is 4.79 Å². The maximum atomic E-state index is 14.3. The van der Waals surface area contributed by atoms with E-state index in [1.54, 1.807) is 18.2 Å². The monoisotopic (exact) mass is 573 g/mol. The van der Waals surface area contributed by atoms with Crippen molar-refractivity contribution in [1.82, 2.24) is 4.90 Å². The Labute approximate surface area is 236 Å². The van der Waals surface area contributed by atoms with Crippen molar-refractivity contribution in [3.63, 3.8) is 0 Å². The fraction of sp³-hybridized carbons (Fsp3) is 0.406. The zero-order valence-electron chi connectivity index (χ0n) is 22.1. The highest BCUT2D eigenvalue weighted by molar-refractivity contribution is 6.31. The Morgan fingerprint density at radius 3 is 2.58 bits per heavy atom. The van der Waals surface area contributed by atoms with Crippen molar-refractivity contribution in [3.8, 4) is 0 Å². The number of rotatable bonds is 8. The van der Waals surface area contributed by atoms with Gasteiger partial charge in [0.05, 0.1) is 22.8 Å². The molecule has 212 valence electrons. The number of halogens is 5. The van der Waals surface area contributed by atoms with E-state index in [1.807, 2.05) is 0 Å². The number of hydrogen-bond donors (Lipinski definition) is 1. The van der Waals surface area contributed by atoms with Crippen LogP contribution in [0.2, 0.25) is 5.02 Å². The van der Waals surface area contributed by atoms with E-state index in [0.717, 1.165) is 42.8 Å². The molecule has 1 unspecified atom stereocenters. The fourth-order valence-corrected chi connectivity index (χ4v) is 6.63. The van der Waals surface area contributed by atoms with Crippen LogP contribution in [0, 0.1) is 11.8 Å². The maximum absolute atomic E-state index is 14.3. The fourth-order valence-electron chi connectivity index (χ4n) is 6.35.